The molecule has 0 saturated carbocycles. The highest BCUT2D eigenvalue weighted by atomic mass is 16.5. The van der Waals surface area contributed by atoms with Crippen molar-refractivity contribution >= 4 is 0 Å². The van der Waals surface area contributed by atoms with E-state index >= 15 is 0 Å². The first-order chi connectivity index (χ1) is 11.2. The summed E-state index contributed by atoms with van der Waals surface area (Å²) in [4.78, 5) is 6.90. The summed E-state index contributed by atoms with van der Waals surface area (Å²) in [5.74, 6) is 1.32. The molecule has 23 heavy (non-hydrogen) atoms. The van der Waals surface area contributed by atoms with Gasteiger partial charge in [0, 0.05) is 25.2 Å². The van der Waals surface area contributed by atoms with Gasteiger partial charge in [0.2, 0.25) is 11.7 Å². The van der Waals surface area contributed by atoms with Gasteiger partial charge < -0.3 is 14.6 Å². The van der Waals surface area contributed by atoms with Crippen molar-refractivity contribution in [2.75, 3.05) is 26.2 Å². The molecule has 6 nitrogen and oxygen atoms in total. The highest BCUT2D eigenvalue weighted by molar-refractivity contribution is 5.53. The molecule has 0 radical (unpaired) electrons. The van der Waals surface area contributed by atoms with Crippen LogP contribution in [0, 0.1) is 0 Å². The molecule has 1 spiro atoms. The van der Waals surface area contributed by atoms with Crippen LogP contribution in [0.1, 0.15) is 19.2 Å². The number of rotatable bonds is 3. The van der Waals surface area contributed by atoms with Gasteiger partial charge in [0.15, 0.2) is 0 Å². The molecule has 1 N–H and O–H groups in total. The number of nitrogens with zero attached hydrogens (tertiary/aromatic N) is 3. The molecular weight excluding hydrogens is 292 g/mol. The Morgan fingerprint density at radius 2 is 2.22 bits per heavy atom. The van der Waals surface area contributed by atoms with E-state index in [1.54, 1.807) is 0 Å². The average Bonchev–Trinajstić information content (AvgIpc) is 3.17. The van der Waals surface area contributed by atoms with Crippen molar-refractivity contribution in [3.8, 4) is 11.4 Å². The van der Waals surface area contributed by atoms with Gasteiger partial charge in [-0.2, -0.15) is 4.98 Å². The van der Waals surface area contributed by atoms with Crippen LogP contribution in [-0.4, -0.2) is 52.9 Å². The Morgan fingerprint density at radius 1 is 1.35 bits per heavy atom. The number of nitrogens with one attached hydrogen (secondary N) is 1. The first-order valence-corrected chi connectivity index (χ1v) is 8.21. The fraction of sp³-hybridized carbons (Fsp3) is 0.529. The van der Waals surface area contributed by atoms with Crippen molar-refractivity contribution < 1.29 is 9.26 Å². The van der Waals surface area contributed by atoms with E-state index < -0.39 is 0 Å². The van der Waals surface area contributed by atoms with E-state index in [1.165, 1.54) is 0 Å². The van der Waals surface area contributed by atoms with Crippen molar-refractivity contribution in [2.45, 2.75) is 31.6 Å². The summed E-state index contributed by atoms with van der Waals surface area (Å²) in [6.07, 6.45) is 1.28. The molecule has 2 aromatic rings. The molecule has 4 rings (SSSR count). The van der Waals surface area contributed by atoms with Crippen LogP contribution < -0.4 is 5.32 Å². The molecule has 1 aromatic carbocycles. The molecule has 1 aromatic heterocycles. The Hall–Kier alpha value is -1.76. The lowest BCUT2D eigenvalue weighted by Gasteiger charge is -2.42. The van der Waals surface area contributed by atoms with Crippen molar-refractivity contribution in [3.63, 3.8) is 0 Å². The van der Waals surface area contributed by atoms with Gasteiger partial charge in [-0.1, -0.05) is 35.5 Å². The summed E-state index contributed by atoms with van der Waals surface area (Å²) >= 11 is 0. The third-order valence-corrected chi connectivity index (χ3v) is 4.54. The van der Waals surface area contributed by atoms with E-state index in [2.05, 4.69) is 27.3 Å². The number of hydrogen-bond donors (Lipinski definition) is 1. The minimum Gasteiger partial charge on any atom is -0.368 e. The van der Waals surface area contributed by atoms with E-state index in [0.29, 0.717) is 18.3 Å². The summed E-state index contributed by atoms with van der Waals surface area (Å²) in [6, 6.07) is 9.92. The van der Waals surface area contributed by atoms with Crippen LogP contribution in [0.5, 0.6) is 0 Å². The van der Waals surface area contributed by atoms with E-state index in [4.69, 9.17) is 9.26 Å². The second kappa shape index (κ2) is 6.03. The Morgan fingerprint density at radius 3 is 3.00 bits per heavy atom. The number of benzene rings is 1. The minimum absolute atomic E-state index is 0.0556. The van der Waals surface area contributed by atoms with Crippen molar-refractivity contribution in [3.05, 3.63) is 36.2 Å². The summed E-state index contributed by atoms with van der Waals surface area (Å²) < 4.78 is 11.7. The summed E-state index contributed by atoms with van der Waals surface area (Å²) in [5, 5.41) is 7.51. The highest BCUT2D eigenvalue weighted by Crippen LogP contribution is 2.28. The van der Waals surface area contributed by atoms with Gasteiger partial charge in [0.05, 0.1) is 18.2 Å². The van der Waals surface area contributed by atoms with E-state index in [-0.39, 0.29) is 11.7 Å². The molecule has 2 saturated heterocycles. The Bertz CT molecular complexity index is 652. The van der Waals surface area contributed by atoms with Gasteiger partial charge in [0.1, 0.15) is 0 Å². The van der Waals surface area contributed by atoms with Gasteiger partial charge in [-0.15, -0.1) is 0 Å². The maximum atomic E-state index is 6.21. The molecule has 0 aliphatic carbocycles. The standard InChI is InChI=1S/C17H22N4O2/c1-13-9-21(12-17(22-13)7-8-18-11-17)10-15-19-16(20-23-15)14-5-3-2-4-6-14/h2-6,13,18H,7-12H2,1H3. The third kappa shape index (κ3) is 3.15. The van der Waals surface area contributed by atoms with E-state index in [9.17, 15) is 0 Å². The second-order valence-corrected chi connectivity index (χ2v) is 6.59. The Labute approximate surface area is 135 Å². The third-order valence-electron chi connectivity index (χ3n) is 4.54. The fourth-order valence-corrected chi connectivity index (χ4v) is 3.63. The number of aromatic nitrogens is 2. The van der Waals surface area contributed by atoms with Gasteiger partial charge in [0.25, 0.3) is 0 Å². The summed E-state index contributed by atoms with van der Waals surface area (Å²) in [6.45, 7) is 6.56. The molecule has 3 heterocycles. The maximum absolute atomic E-state index is 6.21. The molecule has 6 heteroatoms. The Balaban J connectivity index is 1.46. The van der Waals surface area contributed by atoms with Crippen LogP contribution in [0.2, 0.25) is 0 Å². The van der Waals surface area contributed by atoms with Crippen LogP contribution >= 0.6 is 0 Å². The van der Waals surface area contributed by atoms with Crippen molar-refractivity contribution in [1.29, 1.82) is 0 Å². The quantitative estimate of drug-likeness (QED) is 0.930. The first kappa shape index (κ1) is 14.8. The molecule has 2 atom stereocenters. The predicted octanol–water partition coefficient (Wildman–Crippen LogP) is 1.69. The highest BCUT2D eigenvalue weighted by Gasteiger charge is 2.41. The zero-order valence-corrected chi connectivity index (χ0v) is 13.4. The van der Waals surface area contributed by atoms with Gasteiger partial charge in [-0.25, -0.2) is 0 Å². The van der Waals surface area contributed by atoms with E-state index in [0.717, 1.165) is 38.2 Å². The van der Waals surface area contributed by atoms with Crippen molar-refractivity contribution in [1.82, 2.24) is 20.4 Å². The minimum atomic E-state index is -0.0556. The fourth-order valence-electron chi connectivity index (χ4n) is 3.63. The normalized spacial score (nSPS) is 28.5. The topological polar surface area (TPSA) is 63.4 Å². The first-order valence-electron chi connectivity index (χ1n) is 8.21. The van der Waals surface area contributed by atoms with Crippen LogP contribution in [0.4, 0.5) is 0 Å². The van der Waals surface area contributed by atoms with Crippen LogP contribution in [0.25, 0.3) is 11.4 Å². The average molecular weight is 314 g/mol. The van der Waals surface area contributed by atoms with Crippen LogP contribution in [0.15, 0.2) is 34.9 Å². The lowest BCUT2D eigenvalue weighted by Crippen LogP contribution is -2.55. The lowest BCUT2D eigenvalue weighted by molar-refractivity contribution is -0.140. The number of morpholine rings is 1. The number of hydrogen-bond acceptors (Lipinski definition) is 6. The molecule has 122 valence electrons. The zero-order chi connectivity index (χ0) is 15.7. The molecule has 0 amide bonds. The molecule has 0 bridgehead atoms. The van der Waals surface area contributed by atoms with Gasteiger partial charge >= 0.3 is 0 Å². The largest absolute Gasteiger partial charge is 0.368 e. The van der Waals surface area contributed by atoms with Crippen LogP contribution in [0.3, 0.4) is 0 Å². The lowest BCUT2D eigenvalue weighted by atomic mass is 9.99. The number of ether oxygens (including phenoxy) is 1. The zero-order valence-electron chi connectivity index (χ0n) is 13.4. The molecule has 2 aliphatic heterocycles. The smallest absolute Gasteiger partial charge is 0.241 e. The predicted molar refractivity (Wildman–Crippen MR) is 85.8 cm³/mol. The second-order valence-electron chi connectivity index (χ2n) is 6.59. The monoisotopic (exact) mass is 314 g/mol. The maximum Gasteiger partial charge on any atom is 0.241 e. The molecule has 2 unspecified atom stereocenters. The van der Waals surface area contributed by atoms with Crippen molar-refractivity contribution in [2.24, 2.45) is 0 Å². The van der Waals surface area contributed by atoms with E-state index in [1.807, 2.05) is 30.3 Å². The summed E-state index contributed by atoms with van der Waals surface area (Å²) in [5.41, 5.74) is 0.925. The SMILES string of the molecule is CC1CN(Cc2nc(-c3ccccc3)no2)CC2(CCNC2)O1. The van der Waals surface area contributed by atoms with Gasteiger partial charge in [-0.05, 0) is 19.9 Å². The summed E-state index contributed by atoms with van der Waals surface area (Å²) in [7, 11) is 0. The van der Waals surface area contributed by atoms with Gasteiger partial charge in [-0.3, -0.25) is 4.90 Å². The molecular formula is C17H22N4O2. The molecule has 2 aliphatic rings. The van der Waals surface area contributed by atoms with Crippen LogP contribution in [-0.2, 0) is 11.3 Å². The Kier molecular flexibility index (Phi) is 3.88. The molecule has 2 fully saturated rings.